The average Bonchev–Trinajstić information content (AvgIpc) is 3.64. The number of ether oxygens (including phenoxy) is 1. The summed E-state index contributed by atoms with van der Waals surface area (Å²) in [5.41, 5.74) is 0.514. The molecule has 7 rings (SSSR count). The Kier molecular flexibility index (Phi) is 6.22. The molecular weight excluding hydrogens is 601 g/mol. The highest BCUT2D eigenvalue weighted by atomic mass is 35.5. The molecule has 0 bridgehead atoms. The molecule has 12 nitrogen and oxygen atoms in total. The molecule has 3 aromatic heterocycles. The smallest absolute Gasteiger partial charge is 0.287 e. The molecule has 5 heterocycles. The van der Waals surface area contributed by atoms with Gasteiger partial charge in [0.1, 0.15) is 18.3 Å². The molecule has 2 aliphatic heterocycles. The first-order valence-corrected chi connectivity index (χ1v) is 16.3. The maximum absolute atomic E-state index is 13.9. The highest BCUT2D eigenvalue weighted by molar-refractivity contribution is 8.00. The van der Waals surface area contributed by atoms with Crippen molar-refractivity contribution in [2.45, 2.75) is 34.6 Å². The quantitative estimate of drug-likeness (QED) is 0.288. The van der Waals surface area contributed by atoms with E-state index in [0.717, 1.165) is 10.1 Å². The van der Waals surface area contributed by atoms with Gasteiger partial charge in [0, 0.05) is 11.2 Å². The number of fused-ring (bicyclic) bond motifs is 3. The van der Waals surface area contributed by atoms with E-state index < -0.39 is 52.2 Å². The van der Waals surface area contributed by atoms with Crippen LogP contribution in [0.2, 0.25) is 5.02 Å². The van der Waals surface area contributed by atoms with Crippen molar-refractivity contribution >= 4 is 57.3 Å². The van der Waals surface area contributed by atoms with Crippen molar-refractivity contribution in [1.82, 2.24) is 23.9 Å². The number of hydrogen-bond donors (Lipinski definition) is 2. The first-order valence-electron chi connectivity index (χ1n) is 12.0. The monoisotopic (exact) mass is 619 g/mol. The van der Waals surface area contributed by atoms with Crippen LogP contribution >= 0.6 is 18.8 Å². The molecule has 40 heavy (non-hydrogen) atoms. The maximum Gasteiger partial charge on any atom is 0.287 e. The van der Waals surface area contributed by atoms with Crippen LogP contribution in [-0.4, -0.2) is 62.4 Å². The number of rotatable bonds is 4. The van der Waals surface area contributed by atoms with Crippen molar-refractivity contribution < 1.29 is 27.3 Å². The second-order valence-corrected chi connectivity index (χ2v) is 13.5. The van der Waals surface area contributed by atoms with E-state index in [4.69, 9.17) is 37.2 Å². The van der Waals surface area contributed by atoms with Crippen LogP contribution < -0.4 is 5.56 Å². The van der Waals surface area contributed by atoms with E-state index in [1.54, 1.807) is 6.20 Å². The topological polar surface area (TPSA) is 150 Å². The zero-order chi connectivity index (χ0) is 27.8. The molecule has 2 fully saturated rings. The number of hydrogen-bond acceptors (Lipinski definition) is 10. The number of H-pyrrole nitrogens is 1. The summed E-state index contributed by atoms with van der Waals surface area (Å²) in [5.74, 6) is 0.147. The van der Waals surface area contributed by atoms with Crippen molar-refractivity contribution in [3.05, 3.63) is 76.2 Å². The van der Waals surface area contributed by atoms with Gasteiger partial charge in [-0.25, -0.2) is 17.8 Å². The molecule has 2 aromatic carbocycles. The van der Waals surface area contributed by atoms with Crippen LogP contribution in [0.1, 0.15) is 6.23 Å². The van der Waals surface area contributed by atoms with Gasteiger partial charge in [0.15, 0.2) is 24.5 Å². The highest BCUT2D eigenvalue weighted by Gasteiger charge is 2.50. The lowest BCUT2D eigenvalue weighted by Crippen LogP contribution is -2.37. The van der Waals surface area contributed by atoms with Crippen molar-refractivity contribution in [1.29, 1.82) is 0 Å². The fourth-order valence-electron chi connectivity index (χ4n) is 4.92. The Labute approximate surface area is 236 Å². The minimum atomic E-state index is -4.35. The van der Waals surface area contributed by atoms with Crippen LogP contribution in [0.25, 0.3) is 28.2 Å². The van der Waals surface area contributed by atoms with Gasteiger partial charge in [-0.3, -0.25) is 9.36 Å². The number of imidazole rings is 2. The summed E-state index contributed by atoms with van der Waals surface area (Å²) in [6, 6.07) is 14.8. The Morgan fingerprint density at radius 1 is 1.12 bits per heavy atom. The lowest BCUT2D eigenvalue weighted by molar-refractivity contribution is -0.0558. The molecule has 0 spiro atoms. The average molecular weight is 620 g/mol. The number of aliphatic hydroxyl groups excluding tert-OH is 1. The molecule has 2 N–H and O–H groups in total. The number of aromatic amines is 1. The SMILES string of the molecule is O=c1c2nc(S(=O)(=O)c3ccc(Cl)cc3)n([C@@H]3OC4CO[PH](=S)O[C@H]4C3O)c2nc2[nH]c(-c3ccccc3)cn12. The van der Waals surface area contributed by atoms with Gasteiger partial charge in [0.05, 0.1) is 17.2 Å². The number of nitrogens with one attached hydrogen (secondary N) is 1. The normalized spacial score (nSPS) is 25.0. The molecule has 0 amide bonds. The third-order valence-electron chi connectivity index (χ3n) is 6.83. The molecule has 16 heteroatoms. The fourth-order valence-corrected chi connectivity index (χ4v) is 7.83. The van der Waals surface area contributed by atoms with Crippen molar-refractivity contribution in [2.75, 3.05) is 6.61 Å². The molecule has 206 valence electrons. The molecule has 0 aliphatic carbocycles. The number of benzene rings is 2. The molecule has 5 aromatic rings. The molecule has 5 atom stereocenters. The van der Waals surface area contributed by atoms with Crippen molar-refractivity contribution in [3.8, 4) is 11.3 Å². The van der Waals surface area contributed by atoms with Gasteiger partial charge in [-0.1, -0.05) is 41.9 Å². The minimum absolute atomic E-state index is 0.0688. The van der Waals surface area contributed by atoms with E-state index in [1.165, 1.54) is 28.7 Å². The summed E-state index contributed by atoms with van der Waals surface area (Å²) in [7, 11) is -6.39. The number of aliphatic hydroxyl groups is 1. The highest BCUT2D eigenvalue weighted by Crippen LogP contribution is 2.44. The molecular formula is C24H19ClN5O7PS2. The van der Waals surface area contributed by atoms with Gasteiger partial charge in [-0.15, -0.1) is 0 Å². The van der Waals surface area contributed by atoms with Crippen LogP contribution in [0.5, 0.6) is 0 Å². The Balaban J connectivity index is 1.47. The molecule has 2 aliphatic rings. The predicted octanol–water partition coefficient (Wildman–Crippen LogP) is 2.71. The summed E-state index contributed by atoms with van der Waals surface area (Å²) in [5, 5.41) is 11.1. The van der Waals surface area contributed by atoms with Crippen LogP contribution in [-0.2, 0) is 35.4 Å². The maximum atomic E-state index is 13.9. The Morgan fingerprint density at radius 3 is 2.62 bits per heavy atom. The van der Waals surface area contributed by atoms with E-state index in [-0.39, 0.29) is 28.4 Å². The van der Waals surface area contributed by atoms with Crippen LogP contribution in [0.15, 0.2) is 75.6 Å². The Morgan fingerprint density at radius 2 is 1.88 bits per heavy atom. The number of nitrogens with zero attached hydrogens (tertiary/aromatic N) is 4. The van der Waals surface area contributed by atoms with Gasteiger partial charge in [-0.05, 0) is 41.6 Å². The van der Waals surface area contributed by atoms with Crippen LogP contribution in [0, 0.1) is 0 Å². The van der Waals surface area contributed by atoms with Crippen LogP contribution in [0.4, 0.5) is 0 Å². The Bertz CT molecular complexity index is 1980. The third kappa shape index (κ3) is 4.06. The van der Waals surface area contributed by atoms with Crippen molar-refractivity contribution in [2.24, 2.45) is 0 Å². The molecule has 3 unspecified atom stereocenters. The van der Waals surface area contributed by atoms with Gasteiger partial charge < -0.3 is 23.9 Å². The van der Waals surface area contributed by atoms with E-state index in [0.29, 0.717) is 10.7 Å². The summed E-state index contributed by atoms with van der Waals surface area (Å²) in [6.45, 7) is 0.0688. The largest absolute Gasteiger partial charge is 0.386 e. The third-order valence-corrected chi connectivity index (χ3v) is 10.3. The number of aromatic nitrogens is 5. The predicted molar refractivity (Wildman–Crippen MR) is 148 cm³/mol. The second-order valence-electron chi connectivity index (χ2n) is 9.24. The van der Waals surface area contributed by atoms with Gasteiger partial charge in [0.2, 0.25) is 20.8 Å². The minimum Gasteiger partial charge on any atom is -0.386 e. The van der Waals surface area contributed by atoms with Gasteiger partial charge in [0.25, 0.3) is 5.56 Å². The second kappa shape index (κ2) is 9.57. The fraction of sp³-hybridized carbons (Fsp3) is 0.208. The van der Waals surface area contributed by atoms with E-state index in [9.17, 15) is 18.3 Å². The van der Waals surface area contributed by atoms with Gasteiger partial charge >= 0.3 is 0 Å². The zero-order valence-corrected chi connectivity index (χ0v) is 23.6. The zero-order valence-electron chi connectivity index (χ0n) is 20.2. The summed E-state index contributed by atoms with van der Waals surface area (Å²) in [6.07, 6.45) is -2.67. The summed E-state index contributed by atoms with van der Waals surface area (Å²) in [4.78, 5) is 25.5. The van der Waals surface area contributed by atoms with E-state index >= 15 is 0 Å². The lowest BCUT2D eigenvalue weighted by atomic mass is 10.1. The summed E-state index contributed by atoms with van der Waals surface area (Å²) >= 11 is 11.1. The van der Waals surface area contributed by atoms with Gasteiger partial charge in [-0.2, -0.15) is 4.98 Å². The Hall–Kier alpha value is -2.94. The number of halogens is 1. The molecule has 0 radical (unpaired) electrons. The summed E-state index contributed by atoms with van der Waals surface area (Å²) < 4.78 is 47.3. The van der Waals surface area contributed by atoms with E-state index in [2.05, 4.69) is 15.0 Å². The molecule has 0 saturated carbocycles. The van der Waals surface area contributed by atoms with Crippen LogP contribution in [0.3, 0.4) is 0 Å². The standard InChI is InChI=1S/C24H19ClN5O7PS2/c25-13-6-8-14(9-7-13)40(33,34)24-27-17-20(30(24)22-18(31)19-16(36-22)11-35-38(39)37-19)28-23-26-15(10-29(23)21(17)32)12-4-2-1-3-5-12/h1-10,16,18-19,22,31,38H,11H2,(H,26,28)/t16?,18?,19-,22-/m1/s1. The van der Waals surface area contributed by atoms with Crippen molar-refractivity contribution in [3.63, 3.8) is 0 Å². The van der Waals surface area contributed by atoms with E-state index in [1.807, 2.05) is 30.3 Å². The number of sulfone groups is 1. The molecule has 2 saturated heterocycles. The first kappa shape index (κ1) is 26.0. The first-order chi connectivity index (χ1) is 19.2. The lowest BCUT2D eigenvalue weighted by Gasteiger charge is -2.26.